The molecule has 0 bridgehead atoms. The maximum absolute atomic E-state index is 12.8. The van der Waals surface area contributed by atoms with E-state index in [1.54, 1.807) is 22.6 Å². The van der Waals surface area contributed by atoms with Crippen molar-refractivity contribution in [1.82, 2.24) is 4.98 Å². The number of hydrogen-bond donors (Lipinski definition) is 0. The van der Waals surface area contributed by atoms with Crippen molar-refractivity contribution in [3.05, 3.63) is 26.0 Å². The van der Waals surface area contributed by atoms with Crippen LogP contribution < -0.4 is 0 Å². The van der Waals surface area contributed by atoms with Gasteiger partial charge in [0.15, 0.2) is 0 Å². The Morgan fingerprint density at radius 3 is 2.81 bits per heavy atom. The van der Waals surface area contributed by atoms with Gasteiger partial charge in [0.05, 0.1) is 17.1 Å². The van der Waals surface area contributed by atoms with Crippen LogP contribution in [0.2, 0.25) is 5.15 Å². The number of hydrogen-bond acceptors (Lipinski definition) is 3. The van der Waals surface area contributed by atoms with Crippen molar-refractivity contribution >= 4 is 40.2 Å². The molecule has 0 saturated heterocycles. The molecule has 0 amide bonds. The Morgan fingerprint density at radius 2 is 2.31 bits per heavy atom. The Hall–Kier alpha value is -0.500. The van der Waals surface area contributed by atoms with Crippen LogP contribution in [-0.2, 0) is 16.0 Å². The van der Waals surface area contributed by atoms with Crippen LogP contribution >= 0.6 is 34.2 Å². The van der Waals surface area contributed by atoms with Crippen LogP contribution in [0, 0.1) is 3.57 Å². The Morgan fingerprint density at radius 1 is 1.69 bits per heavy atom. The zero-order valence-electron chi connectivity index (χ0n) is 8.14. The number of ether oxygens (including phenoxy) is 1. The van der Waals surface area contributed by atoms with Crippen molar-refractivity contribution in [2.75, 3.05) is 7.11 Å². The molecule has 0 N–H and O–H groups in total. The predicted octanol–water partition coefficient (Wildman–Crippen LogP) is 2.99. The fraction of sp³-hybridized carbons (Fsp3) is 0.333. The molecule has 16 heavy (non-hydrogen) atoms. The summed E-state index contributed by atoms with van der Waals surface area (Å²) in [6.45, 7) is 0. The molecule has 1 aromatic rings. The Labute approximate surface area is 109 Å². The molecule has 0 aliphatic rings. The van der Waals surface area contributed by atoms with Crippen LogP contribution in [0.3, 0.4) is 0 Å². The summed E-state index contributed by atoms with van der Waals surface area (Å²) in [5, 5.41) is 0.00418. The van der Waals surface area contributed by atoms with Crippen molar-refractivity contribution in [3.63, 3.8) is 0 Å². The first-order valence-electron chi connectivity index (χ1n) is 4.15. The minimum atomic E-state index is -2.70. The molecule has 1 heterocycles. The number of nitrogens with zero attached hydrogens (tertiary/aromatic N) is 1. The third-order valence-corrected chi connectivity index (χ3v) is 3.58. The number of methoxy groups -OCH3 is 1. The minimum absolute atomic E-state index is 0.00418. The van der Waals surface area contributed by atoms with E-state index in [4.69, 9.17) is 11.6 Å². The molecule has 0 radical (unpaired) electrons. The van der Waals surface area contributed by atoms with E-state index in [2.05, 4.69) is 9.72 Å². The monoisotopic (exact) mass is 361 g/mol. The summed E-state index contributed by atoms with van der Waals surface area (Å²) in [7, 11) is 1.19. The quantitative estimate of drug-likeness (QED) is 0.472. The van der Waals surface area contributed by atoms with Crippen LogP contribution in [0.15, 0.2) is 6.20 Å². The summed E-state index contributed by atoms with van der Waals surface area (Å²) in [6.07, 6.45) is -1.77. The van der Waals surface area contributed by atoms with E-state index < -0.39 is 12.4 Å². The smallest absolute Gasteiger partial charge is 0.310 e. The first-order valence-corrected chi connectivity index (χ1v) is 5.60. The van der Waals surface area contributed by atoms with Crippen LogP contribution in [-0.4, -0.2) is 18.1 Å². The number of pyridine rings is 1. The summed E-state index contributed by atoms with van der Waals surface area (Å²) >= 11 is 7.31. The van der Waals surface area contributed by atoms with Crippen LogP contribution in [0.25, 0.3) is 0 Å². The van der Waals surface area contributed by atoms with Crippen LogP contribution in [0.1, 0.15) is 17.6 Å². The average molecular weight is 362 g/mol. The van der Waals surface area contributed by atoms with E-state index in [-0.39, 0.29) is 26.3 Å². The average Bonchev–Trinajstić information content (AvgIpc) is 2.23. The Bertz CT molecular complexity index is 415. The van der Waals surface area contributed by atoms with Gasteiger partial charge in [-0.25, -0.2) is 13.8 Å². The van der Waals surface area contributed by atoms with Gasteiger partial charge in [-0.2, -0.15) is 0 Å². The highest BCUT2D eigenvalue weighted by molar-refractivity contribution is 14.1. The van der Waals surface area contributed by atoms with Gasteiger partial charge < -0.3 is 4.74 Å². The molecular formula is C9H7ClF2INO2. The van der Waals surface area contributed by atoms with Gasteiger partial charge in [0.25, 0.3) is 6.43 Å². The number of halogens is 4. The molecular weight excluding hydrogens is 354 g/mol. The van der Waals surface area contributed by atoms with Gasteiger partial charge in [0.1, 0.15) is 5.15 Å². The van der Waals surface area contributed by atoms with Crippen molar-refractivity contribution < 1.29 is 18.3 Å². The van der Waals surface area contributed by atoms with Gasteiger partial charge >= 0.3 is 5.97 Å². The molecule has 0 unspecified atom stereocenters. The molecule has 0 fully saturated rings. The second-order valence-corrected chi connectivity index (χ2v) is 4.29. The van der Waals surface area contributed by atoms with Gasteiger partial charge in [-0.15, -0.1) is 0 Å². The second-order valence-electron chi connectivity index (χ2n) is 2.86. The fourth-order valence-electron chi connectivity index (χ4n) is 1.12. The number of esters is 1. The first-order chi connectivity index (χ1) is 7.47. The minimum Gasteiger partial charge on any atom is -0.469 e. The lowest BCUT2D eigenvalue weighted by Crippen LogP contribution is -2.09. The molecule has 3 nitrogen and oxygen atoms in total. The van der Waals surface area contributed by atoms with E-state index in [9.17, 15) is 13.6 Å². The van der Waals surface area contributed by atoms with Gasteiger partial charge in [-0.05, 0) is 28.2 Å². The van der Waals surface area contributed by atoms with Gasteiger partial charge in [-0.3, -0.25) is 4.79 Å². The van der Waals surface area contributed by atoms with Gasteiger partial charge in [0.2, 0.25) is 0 Å². The van der Waals surface area contributed by atoms with Gasteiger partial charge in [-0.1, -0.05) is 11.6 Å². The summed E-state index contributed by atoms with van der Waals surface area (Å²) in [4.78, 5) is 14.7. The number of carbonyl (C=O) groups excluding carboxylic acids is 1. The summed E-state index contributed by atoms with van der Waals surface area (Å²) in [5.74, 6) is -0.596. The lowest BCUT2D eigenvalue weighted by molar-refractivity contribution is -0.139. The lowest BCUT2D eigenvalue weighted by atomic mass is 10.1. The standard InChI is InChI=1S/C9H7ClF2INO2/c1-16-5(15)2-4-3-14-8(10)7(13)6(4)9(11)12/h3,9H,2H2,1H3. The molecule has 0 aliphatic heterocycles. The second kappa shape index (κ2) is 5.72. The highest BCUT2D eigenvalue weighted by Gasteiger charge is 2.21. The van der Waals surface area contributed by atoms with E-state index >= 15 is 0 Å². The Balaban J connectivity index is 3.18. The SMILES string of the molecule is COC(=O)Cc1cnc(Cl)c(I)c1C(F)F. The molecule has 0 spiro atoms. The highest BCUT2D eigenvalue weighted by atomic mass is 127. The van der Waals surface area contributed by atoms with Crippen LogP contribution in [0.4, 0.5) is 8.78 Å². The first kappa shape index (κ1) is 13.6. The summed E-state index contributed by atoms with van der Waals surface area (Å²) in [6, 6.07) is 0. The molecule has 1 rings (SSSR count). The van der Waals surface area contributed by atoms with Crippen molar-refractivity contribution in [2.24, 2.45) is 0 Å². The fourth-order valence-corrected chi connectivity index (χ4v) is 1.99. The Kier molecular flexibility index (Phi) is 4.85. The third-order valence-electron chi connectivity index (χ3n) is 1.88. The maximum atomic E-state index is 12.8. The molecule has 7 heteroatoms. The molecule has 0 aromatic carbocycles. The van der Waals surface area contributed by atoms with Crippen molar-refractivity contribution in [3.8, 4) is 0 Å². The van der Waals surface area contributed by atoms with Gasteiger partial charge in [0, 0.05) is 11.8 Å². The normalized spacial score (nSPS) is 10.6. The molecule has 0 atom stereocenters. The molecule has 0 saturated carbocycles. The molecule has 0 aliphatic carbocycles. The maximum Gasteiger partial charge on any atom is 0.310 e. The van der Waals surface area contributed by atoms with Crippen molar-refractivity contribution in [2.45, 2.75) is 12.8 Å². The van der Waals surface area contributed by atoms with Crippen LogP contribution in [0.5, 0.6) is 0 Å². The number of rotatable bonds is 3. The third kappa shape index (κ3) is 3.00. The summed E-state index contributed by atoms with van der Waals surface area (Å²) in [5.41, 5.74) is -0.123. The molecule has 88 valence electrons. The predicted molar refractivity (Wildman–Crippen MR) is 62.6 cm³/mol. The number of alkyl halides is 2. The topological polar surface area (TPSA) is 39.2 Å². The summed E-state index contributed by atoms with van der Waals surface area (Å²) < 4.78 is 30.1. The number of carbonyl (C=O) groups is 1. The highest BCUT2D eigenvalue weighted by Crippen LogP contribution is 2.31. The van der Waals surface area contributed by atoms with E-state index in [0.717, 1.165) is 0 Å². The lowest BCUT2D eigenvalue weighted by Gasteiger charge is -2.10. The zero-order chi connectivity index (χ0) is 12.3. The largest absolute Gasteiger partial charge is 0.469 e. The van der Waals surface area contributed by atoms with E-state index in [0.29, 0.717) is 0 Å². The molecule has 1 aromatic heterocycles. The zero-order valence-corrected chi connectivity index (χ0v) is 11.1. The van der Waals surface area contributed by atoms with Crippen molar-refractivity contribution in [1.29, 1.82) is 0 Å². The number of aromatic nitrogens is 1. The van der Waals surface area contributed by atoms with E-state index in [1.165, 1.54) is 13.3 Å². The van der Waals surface area contributed by atoms with E-state index in [1.807, 2.05) is 0 Å².